The molecule has 1 amide bonds. The van der Waals surface area contributed by atoms with E-state index in [1.807, 2.05) is 59.5 Å². The van der Waals surface area contributed by atoms with Crippen LogP contribution < -0.4 is 4.74 Å². The molecule has 1 fully saturated rings. The largest absolute Gasteiger partial charge is 0.489 e. The van der Waals surface area contributed by atoms with Crippen molar-refractivity contribution < 1.29 is 18.7 Å². The summed E-state index contributed by atoms with van der Waals surface area (Å²) >= 11 is 0. The van der Waals surface area contributed by atoms with Gasteiger partial charge in [-0.05, 0) is 72.0 Å². The second-order valence-corrected chi connectivity index (χ2v) is 9.20. The van der Waals surface area contributed by atoms with Crippen LogP contribution in [-0.2, 0) is 17.9 Å². The second-order valence-electron chi connectivity index (χ2n) is 9.20. The molecule has 0 unspecified atom stereocenters. The second kappa shape index (κ2) is 11.8. The molecule has 6 heteroatoms. The number of aromatic nitrogens is 1. The van der Waals surface area contributed by atoms with Gasteiger partial charge in [-0.25, -0.2) is 4.39 Å². The van der Waals surface area contributed by atoms with Crippen LogP contribution in [0.3, 0.4) is 0 Å². The Morgan fingerprint density at radius 1 is 0.973 bits per heavy atom. The highest BCUT2D eigenvalue weighted by atomic mass is 19.1. The van der Waals surface area contributed by atoms with Crippen LogP contribution in [0.2, 0.25) is 0 Å². The van der Waals surface area contributed by atoms with Crippen LogP contribution in [0.25, 0.3) is 11.1 Å². The summed E-state index contributed by atoms with van der Waals surface area (Å²) in [5.74, 6) is 0.421. The van der Waals surface area contributed by atoms with Crippen LogP contribution in [0, 0.1) is 5.82 Å². The van der Waals surface area contributed by atoms with Gasteiger partial charge in [0.1, 0.15) is 18.2 Å². The van der Waals surface area contributed by atoms with Crippen molar-refractivity contribution in [3.05, 3.63) is 120 Å². The molecule has 37 heavy (non-hydrogen) atoms. The number of rotatable bonds is 9. The van der Waals surface area contributed by atoms with Gasteiger partial charge >= 0.3 is 0 Å². The van der Waals surface area contributed by atoms with Crippen molar-refractivity contribution in [1.29, 1.82) is 0 Å². The number of carbonyl (C=O) groups excluding carboxylic acids is 1. The van der Waals surface area contributed by atoms with Gasteiger partial charge in [-0.2, -0.15) is 0 Å². The van der Waals surface area contributed by atoms with Crippen molar-refractivity contribution in [2.24, 2.45) is 0 Å². The molecule has 5 rings (SSSR count). The Hall–Kier alpha value is -4.03. The average Bonchev–Trinajstić information content (AvgIpc) is 3.46. The Morgan fingerprint density at radius 2 is 1.81 bits per heavy atom. The number of amides is 1. The number of hydrogen-bond donors (Lipinski definition) is 0. The molecule has 1 atom stereocenters. The maximum Gasteiger partial charge on any atom is 0.254 e. The highest BCUT2D eigenvalue weighted by molar-refractivity contribution is 5.94. The van der Waals surface area contributed by atoms with Gasteiger partial charge in [-0.1, -0.05) is 42.5 Å². The van der Waals surface area contributed by atoms with Crippen molar-refractivity contribution in [3.8, 4) is 16.9 Å². The quantitative estimate of drug-likeness (QED) is 0.273. The minimum atomic E-state index is -0.283. The molecule has 1 aromatic heterocycles. The predicted molar refractivity (Wildman–Crippen MR) is 141 cm³/mol. The number of benzene rings is 3. The summed E-state index contributed by atoms with van der Waals surface area (Å²) in [7, 11) is 0. The predicted octanol–water partition coefficient (Wildman–Crippen LogP) is 6.29. The van der Waals surface area contributed by atoms with Gasteiger partial charge in [0.15, 0.2) is 0 Å². The Bertz CT molecular complexity index is 1300. The van der Waals surface area contributed by atoms with Gasteiger partial charge in [-0.15, -0.1) is 0 Å². The Morgan fingerprint density at radius 3 is 2.51 bits per heavy atom. The van der Waals surface area contributed by atoms with Gasteiger partial charge in [0.25, 0.3) is 5.91 Å². The molecular formula is C31H29FN2O3. The average molecular weight is 497 g/mol. The molecule has 0 radical (unpaired) electrons. The molecule has 0 spiro atoms. The topological polar surface area (TPSA) is 51.7 Å². The molecular weight excluding hydrogens is 467 g/mol. The molecule has 1 saturated heterocycles. The molecule has 0 N–H and O–H groups in total. The first-order valence-corrected chi connectivity index (χ1v) is 12.5. The molecule has 0 saturated carbocycles. The van der Waals surface area contributed by atoms with Crippen LogP contribution in [0.5, 0.6) is 5.75 Å². The number of ether oxygens (including phenoxy) is 2. The van der Waals surface area contributed by atoms with E-state index in [0.717, 1.165) is 47.5 Å². The number of pyridine rings is 1. The third-order valence-electron chi connectivity index (χ3n) is 6.45. The number of hydrogen-bond acceptors (Lipinski definition) is 4. The van der Waals surface area contributed by atoms with E-state index in [1.165, 1.54) is 12.1 Å². The summed E-state index contributed by atoms with van der Waals surface area (Å²) in [6, 6.07) is 25.5. The molecule has 3 aromatic carbocycles. The first-order chi connectivity index (χ1) is 18.1. The van der Waals surface area contributed by atoms with E-state index >= 15 is 0 Å². The van der Waals surface area contributed by atoms with Crippen molar-refractivity contribution in [2.45, 2.75) is 32.1 Å². The minimum Gasteiger partial charge on any atom is -0.489 e. The monoisotopic (exact) mass is 496 g/mol. The molecule has 188 valence electrons. The standard InChI is InChI=1S/C31H29FN2O3/c32-28-6-1-5-27(18-28)25-10-12-26(13-11-25)31(35)34(21-30-7-3-17-36-30)20-23-8-14-29(15-9-23)37-22-24-4-2-16-33-19-24/h1-2,4-6,8-16,18-19,30H,3,7,17,20-22H2/t30-/m0/s1. The first-order valence-electron chi connectivity index (χ1n) is 12.5. The lowest BCUT2D eigenvalue weighted by Crippen LogP contribution is -2.37. The zero-order valence-electron chi connectivity index (χ0n) is 20.6. The van der Waals surface area contributed by atoms with Crippen molar-refractivity contribution >= 4 is 5.91 Å². The zero-order chi connectivity index (χ0) is 25.5. The third kappa shape index (κ3) is 6.60. The Labute approximate surface area is 216 Å². The van der Waals surface area contributed by atoms with Crippen LogP contribution in [0.15, 0.2) is 97.3 Å². The van der Waals surface area contributed by atoms with Crippen LogP contribution >= 0.6 is 0 Å². The fraction of sp³-hybridized carbons (Fsp3) is 0.226. The lowest BCUT2D eigenvalue weighted by atomic mass is 10.0. The SMILES string of the molecule is O=C(c1ccc(-c2cccc(F)c2)cc1)N(Cc1ccc(OCc2cccnc2)cc1)C[C@@H]1CCCO1. The van der Waals surface area contributed by atoms with Gasteiger partial charge in [0.2, 0.25) is 0 Å². The van der Waals surface area contributed by atoms with Crippen molar-refractivity contribution in [3.63, 3.8) is 0 Å². The number of nitrogens with zero attached hydrogens (tertiary/aromatic N) is 2. The van der Waals surface area contributed by atoms with E-state index in [9.17, 15) is 9.18 Å². The maximum atomic E-state index is 13.6. The lowest BCUT2D eigenvalue weighted by molar-refractivity contribution is 0.0507. The van der Waals surface area contributed by atoms with E-state index in [2.05, 4.69) is 4.98 Å². The van der Waals surface area contributed by atoms with E-state index < -0.39 is 0 Å². The molecule has 1 aliphatic heterocycles. The van der Waals surface area contributed by atoms with Crippen LogP contribution in [-0.4, -0.2) is 35.0 Å². The van der Waals surface area contributed by atoms with Gasteiger partial charge in [-0.3, -0.25) is 9.78 Å². The molecule has 0 aliphatic carbocycles. The summed E-state index contributed by atoms with van der Waals surface area (Å²) < 4.78 is 25.3. The lowest BCUT2D eigenvalue weighted by Gasteiger charge is -2.26. The maximum absolute atomic E-state index is 13.6. The highest BCUT2D eigenvalue weighted by Crippen LogP contribution is 2.23. The van der Waals surface area contributed by atoms with Crippen LogP contribution in [0.4, 0.5) is 4.39 Å². The van der Waals surface area contributed by atoms with E-state index in [0.29, 0.717) is 25.3 Å². The molecule has 4 aromatic rings. The van der Waals surface area contributed by atoms with Crippen molar-refractivity contribution in [2.75, 3.05) is 13.2 Å². The summed E-state index contributed by atoms with van der Waals surface area (Å²) in [5, 5.41) is 0. The molecule has 2 heterocycles. The zero-order valence-corrected chi connectivity index (χ0v) is 20.6. The summed E-state index contributed by atoms with van der Waals surface area (Å²) in [5.41, 5.74) is 4.25. The minimum absolute atomic E-state index is 0.0394. The van der Waals surface area contributed by atoms with Crippen molar-refractivity contribution in [1.82, 2.24) is 9.88 Å². The fourth-order valence-electron chi connectivity index (χ4n) is 4.47. The fourth-order valence-corrected chi connectivity index (χ4v) is 4.47. The van der Waals surface area contributed by atoms with Gasteiger partial charge < -0.3 is 14.4 Å². The summed E-state index contributed by atoms with van der Waals surface area (Å²) in [6.45, 7) is 2.18. The van der Waals surface area contributed by atoms with Gasteiger partial charge in [0, 0.05) is 43.2 Å². The summed E-state index contributed by atoms with van der Waals surface area (Å²) in [6.07, 6.45) is 5.52. The normalized spacial score (nSPS) is 14.9. The Kier molecular flexibility index (Phi) is 7.87. The Balaban J connectivity index is 1.28. The summed E-state index contributed by atoms with van der Waals surface area (Å²) in [4.78, 5) is 19.5. The molecule has 1 aliphatic rings. The highest BCUT2D eigenvalue weighted by Gasteiger charge is 2.24. The third-order valence-corrected chi connectivity index (χ3v) is 6.45. The van der Waals surface area contributed by atoms with E-state index in [-0.39, 0.29) is 17.8 Å². The number of carbonyl (C=O) groups is 1. The smallest absolute Gasteiger partial charge is 0.254 e. The van der Waals surface area contributed by atoms with E-state index in [4.69, 9.17) is 9.47 Å². The van der Waals surface area contributed by atoms with Crippen LogP contribution in [0.1, 0.15) is 34.3 Å². The van der Waals surface area contributed by atoms with Gasteiger partial charge in [0.05, 0.1) is 6.10 Å². The first kappa shape index (κ1) is 24.7. The molecule has 5 nitrogen and oxygen atoms in total. The number of halogens is 1. The van der Waals surface area contributed by atoms with E-state index in [1.54, 1.807) is 30.6 Å². The molecule has 0 bridgehead atoms.